The molecule has 0 N–H and O–H groups in total. The van der Waals surface area contributed by atoms with Crippen LogP contribution in [0.15, 0.2) is 66.0 Å². The number of nitrogens with zero attached hydrogens (tertiary/aromatic N) is 2. The highest BCUT2D eigenvalue weighted by molar-refractivity contribution is 7.10. The lowest BCUT2D eigenvalue weighted by atomic mass is 9.93. The summed E-state index contributed by atoms with van der Waals surface area (Å²) in [6.07, 6.45) is 3.77. The molecule has 1 saturated carbocycles. The minimum Gasteiger partial charge on any atom is -0.330 e. The Balaban J connectivity index is 1.40. The van der Waals surface area contributed by atoms with Gasteiger partial charge in [0.05, 0.1) is 6.04 Å². The first kappa shape index (κ1) is 21.0. The summed E-state index contributed by atoms with van der Waals surface area (Å²) >= 11 is 1.77. The van der Waals surface area contributed by atoms with Gasteiger partial charge < -0.3 is 9.80 Å². The maximum absolute atomic E-state index is 13.6. The number of thiophene rings is 1. The maximum atomic E-state index is 13.6. The zero-order chi connectivity index (χ0) is 22.1. The van der Waals surface area contributed by atoms with Crippen LogP contribution in [0.3, 0.4) is 0 Å². The minimum absolute atomic E-state index is 0.0288. The second-order valence-electron chi connectivity index (χ2n) is 8.66. The van der Waals surface area contributed by atoms with Crippen LogP contribution in [0.25, 0.3) is 0 Å². The Morgan fingerprint density at radius 2 is 1.78 bits per heavy atom. The highest BCUT2D eigenvalue weighted by Crippen LogP contribution is 2.38. The van der Waals surface area contributed by atoms with Crippen LogP contribution >= 0.6 is 11.3 Å². The van der Waals surface area contributed by atoms with Crippen molar-refractivity contribution in [2.75, 3.05) is 13.1 Å². The van der Waals surface area contributed by atoms with Crippen LogP contribution in [0.1, 0.15) is 57.7 Å². The van der Waals surface area contributed by atoms with Crippen LogP contribution in [0, 0.1) is 0 Å². The Bertz CT molecular complexity index is 1100. The fourth-order valence-corrected chi connectivity index (χ4v) is 5.52. The molecule has 2 amide bonds. The van der Waals surface area contributed by atoms with E-state index >= 15 is 0 Å². The normalized spacial score (nSPS) is 17.7. The van der Waals surface area contributed by atoms with E-state index in [-0.39, 0.29) is 30.4 Å². The van der Waals surface area contributed by atoms with Crippen molar-refractivity contribution in [3.63, 3.8) is 0 Å². The number of fused-ring (bicyclic) bond motifs is 1. The molecule has 32 heavy (non-hydrogen) atoms. The predicted octanol–water partition coefficient (Wildman–Crippen LogP) is 5.09. The van der Waals surface area contributed by atoms with Gasteiger partial charge in [-0.25, -0.2) is 0 Å². The van der Waals surface area contributed by atoms with E-state index in [0.717, 1.165) is 31.2 Å². The third-order valence-electron chi connectivity index (χ3n) is 6.56. The fraction of sp³-hybridized carbons (Fsp3) is 0.333. The molecule has 5 rings (SSSR count). The Hall–Kier alpha value is -2.92. The van der Waals surface area contributed by atoms with Crippen LogP contribution in [0.5, 0.6) is 0 Å². The van der Waals surface area contributed by atoms with Gasteiger partial charge >= 0.3 is 0 Å². The van der Waals surface area contributed by atoms with Gasteiger partial charge in [0.2, 0.25) is 5.91 Å². The number of rotatable bonds is 6. The molecule has 1 unspecified atom stereocenters. The topological polar surface area (TPSA) is 40.6 Å². The molecule has 2 aromatic carbocycles. The molecule has 164 valence electrons. The minimum atomic E-state index is -0.0845. The highest BCUT2D eigenvalue weighted by atomic mass is 32.1. The average Bonchev–Trinajstić information content (AvgIpc) is 3.57. The molecule has 1 aliphatic carbocycles. The molecule has 0 bridgehead atoms. The molecule has 1 aliphatic heterocycles. The number of hydrogen-bond acceptors (Lipinski definition) is 3. The van der Waals surface area contributed by atoms with Gasteiger partial charge in [-0.15, -0.1) is 11.3 Å². The first-order valence-corrected chi connectivity index (χ1v) is 12.3. The molecule has 3 aromatic rings. The number of hydrogen-bond donors (Lipinski definition) is 0. The summed E-state index contributed by atoms with van der Waals surface area (Å²) in [5.74, 6) is -0.00544. The Kier molecular flexibility index (Phi) is 5.83. The van der Waals surface area contributed by atoms with Crippen LogP contribution in [-0.4, -0.2) is 40.7 Å². The quantitative estimate of drug-likeness (QED) is 0.531. The van der Waals surface area contributed by atoms with Gasteiger partial charge in [-0.3, -0.25) is 9.59 Å². The van der Waals surface area contributed by atoms with E-state index in [0.29, 0.717) is 12.1 Å². The van der Waals surface area contributed by atoms with Crippen molar-refractivity contribution in [1.29, 1.82) is 0 Å². The second kappa shape index (κ2) is 8.91. The van der Waals surface area contributed by atoms with E-state index < -0.39 is 0 Å². The lowest BCUT2D eigenvalue weighted by molar-refractivity contribution is -0.134. The molecule has 2 heterocycles. The lowest BCUT2D eigenvalue weighted by Gasteiger charge is -2.37. The first-order valence-electron chi connectivity index (χ1n) is 11.5. The van der Waals surface area contributed by atoms with E-state index in [2.05, 4.69) is 30.5 Å². The summed E-state index contributed by atoms with van der Waals surface area (Å²) in [6, 6.07) is 20.3. The number of carbonyl (C=O) groups is 2. The summed E-state index contributed by atoms with van der Waals surface area (Å²) < 4.78 is 0. The molecule has 0 radical (unpaired) electrons. The molecular formula is C27H28N2O2S. The van der Waals surface area contributed by atoms with Gasteiger partial charge in [-0.2, -0.15) is 0 Å². The van der Waals surface area contributed by atoms with Crippen molar-refractivity contribution >= 4 is 23.2 Å². The second-order valence-corrected chi connectivity index (χ2v) is 9.66. The van der Waals surface area contributed by atoms with Crippen molar-refractivity contribution in [1.82, 2.24) is 9.80 Å². The van der Waals surface area contributed by atoms with Crippen molar-refractivity contribution in [3.05, 3.63) is 93.2 Å². The molecule has 4 nitrogen and oxygen atoms in total. The van der Waals surface area contributed by atoms with Gasteiger partial charge in [0.1, 0.15) is 6.54 Å². The molecule has 0 spiro atoms. The van der Waals surface area contributed by atoms with E-state index in [1.807, 2.05) is 47.4 Å². The summed E-state index contributed by atoms with van der Waals surface area (Å²) in [6.45, 7) is 2.93. The van der Waals surface area contributed by atoms with Crippen LogP contribution in [0.2, 0.25) is 0 Å². The first-order chi connectivity index (χ1) is 15.7. The SMILES string of the molecule is CCc1ccc(C(=O)N(CC(=O)N2CCc3sccc3C2c2ccccc2)C2CC2)cc1. The number of carbonyl (C=O) groups excluding carboxylic acids is 2. The van der Waals surface area contributed by atoms with E-state index in [9.17, 15) is 9.59 Å². The van der Waals surface area contributed by atoms with Crippen molar-refractivity contribution < 1.29 is 9.59 Å². The zero-order valence-corrected chi connectivity index (χ0v) is 19.2. The van der Waals surface area contributed by atoms with E-state index in [1.165, 1.54) is 16.0 Å². The van der Waals surface area contributed by atoms with Gasteiger partial charge in [0, 0.05) is 23.0 Å². The Morgan fingerprint density at radius 1 is 1.03 bits per heavy atom. The van der Waals surface area contributed by atoms with Gasteiger partial charge in [0.15, 0.2) is 0 Å². The highest BCUT2D eigenvalue weighted by Gasteiger charge is 2.38. The maximum Gasteiger partial charge on any atom is 0.254 e. The Labute approximate surface area is 193 Å². The number of amides is 2. The lowest BCUT2D eigenvalue weighted by Crippen LogP contribution is -2.47. The molecule has 1 fully saturated rings. The zero-order valence-electron chi connectivity index (χ0n) is 18.4. The standard InChI is InChI=1S/C27H28N2O2S/c1-2-19-8-10-21(11-9-19)27(31)29(22-12-13-22)18-25(30)28-16-14-24-23(15-17-32-24)26(28)20-6-4-3-5-7-20/h3-11,15,17,22,26H,2,12-14,16,18H2,1H3. The van der Waals surface area contributed by atoms with Gasteiger partial charge in [-0.05, 0) is 66.0 Å². The number of aryl methyl sites for hydroxylation is 1. The Morgan fingerprint density at radius 3 is 2.47 bits per heavy atom. The summed E-state index contributed by atoms with van der Waals surface area (Å²) in [7, 11) is 0. The molecule has 0 saturated heterocycles. The third kappa shape index (κ3) is 4.09. The van der Waals surface area contributed by atoms with Crippen molar-refractivity contribution in [2.45, 2.75) is 44.7 Å². The largest absolute Gasteiger partial charge is 0.330 e. The van der Waals surface area contributed by atoms with Crippen molar-refractivity contribution in [2.24, 2.45) is 0 Å². The summed E-state index contributed by atoms with van der Waals surface area (Å²) in [5, 5.41) is 2.12. The summed E-state index contributed by atoms with van der Waals surface area (Å²) in [5.41, 5.74) is 4.22. The van der Waals surface area contributed by atoms with E-state index in [1.54, 1.807) is 16.2 Å². The van der Waals surface area contributed by atoms with Gasteiger partial charge in [-0.1, -0.05) is 49.4 Å². The third-order valence-corrected chi connectivity index (χ3v) is 7.56. The monoisotopic (exact) mass is 444 g/mol. The summed E-state index contributed by atoms with van der Waals surface area (Å²) in [4.78, 5) is 32.1. The van der Waals surface area contributed by atoms with E-state index in [4.69, 9.17) is 0 Å². The molecule has 5 heteroatoms. The van der Waals surface area contributed by atoms with Crippen LogP contribution in [0.4, 0.5) is 0 Å². The van der Waals surface area contributed by atoms with Crippen LogP contribution < -0.4 is 0 Å². The smallest absolute Gasteiger partial charge is 0.254 e. The average molecular weight is 445 g/mol. The van der Waals surface area contributed by atoms with Crippen molar-refractivity contribution in [3.8, 4) is 0 Å². The van der Waals surface area contributed by atoms with Crippen LogP contribution in [-0.2, 0) is 17.6 Å². The molecular weight excluding hydrogens is 416 g/mol. The molecule has 2 aliphatic rings. The molecule has 1 aromatic heterocycles. The fourth-order valence-electron chi connectivity index (χ4n) is 4.62. The van der Waals surface area contributed by atoms with Gasteiger partial charge in [0.25, 0.3) is 5.91 Å². The predicted molar refractivity (Wildman–Crippen MR) is 128 cm³/mol. The number of benzene rings is 2. The molecule has 1 atom stereocenters.